The van der Waals surface area contributed by atoms with Crippen molar-refractivity contribution in [3.8, 4) is 0 Å². The summed E-state index contributed by atoms with van der Waals surface area (Å²) in [4.78, 5) is 13.7. The quantitative estimate of drug-likeness (QED) is 0.225. The van der Waals surface area contributed by atoms with Crippen molar-refractivity contribution in [3.63, 3.8) is 0 Å². The Labute approximate surface area is 122 Å². The smallest absolute Gasteiger partial charge is 0.282 e. The van der Waals surface area contributed by atoms with Gasteiger partial charge in [-0.25, -0.2) is 9.79 Å². The van der Waals surface area contributed by atoms with Crippen LogP contribution in [0, 0.1) is 0 Å². The molecule has 0 heterocycles. The molecular weight excluding hydrogens is 258 g/mol. The first-order chi connectivity index (χ1) is 9.64. The highest BCUT2D eigenvalue weighted by Gasteiger charge is 2.28. The largest absolute Gasteiger partial charge is 0.331 e. The lowest BCUT2D eigenvalue weighted by atomic mass is 10.1. The molecule has 5 nitrogen and oxygen atoms in total. The first-order valence-corrected chi connectivity index (χ1v) is 7.36. The van der Waals surface area contributed by atoms with Crippen LogP contribution >= 0.6 is 0 Å². The van der Waals surface area contributed by atoms with E-state index in [9.17, 15) is 4.79 Å². The summed E-state index contributed by atoms with van der Waals surface area (Å²) in [6.45, 7) is 1.95. The molecule has 0 spiro atoms. The number of rotatable bonds is 13. The maximum absolute atomic E-state index is 10.1. The lowest BCUT2D eigenvalue weighted by Crippen LogP contribution is -2.35. The summed E-state index contributed by atoms with van der Waals surface area (Å²) in [6, 6.07) is 0.109. The van der Waals surface area contributed by atoms with Gasteiger partial charge in [0, 0.05) is 27.8 Å². The van der Waals surface area contributed by atoms with Crippen molar-refractivity contribution in [2.45, 2.75) is 70.3 Å². The second-order valence-corrected chi connectivity index (χ2v) is 5.02. The molecule has 1 unspecified atom stereocenters. The first kappa shape index (κ1) is 19.3. The van der Waals surface area contributed by atoms with Crippen LogP contribution in [0.15, 0.2) is 4.99 Å². The molecule has 0 saturated carbocycles. The molecule has 0 aliphatic carbocycles. The van der Waals surface area contributed by atoms with Crippen LogP contribution < -0.4 is 0 Å². The summed E-state index contributed by atoms with van der Waals surface area (Å²) in [5.74, 6) is -0.887. The molecule has 0 aromatic rings. The molecule has 20 heavy (non-hydrogen) atoms. The predicted molar refractivity (Wildman–Crippen MR) is 78.3 cm³/mol. The van der Waals surface area contributed by atoms with Gasteiger partial charge in [0.15, 0.2) is 0 Å². The molecule has 0 aliphatic rings. The van der Waals surface area contributed by atoms with E-state index in [0.29, 0.717) is 0 Å². The minimum atomic E-state index is -0.887. The van der Waals surface area contributed by atoms with Crippen LogP contribution in [0.1, 0.15) is 58.3 Å². The Morgan fingerprint density at radius 1 is 0.950 bits per heavy atom. The van der Waals surface area contributed by atoms with E-state index in [-0.39, 0.29) is 6.04 Å². The molecule has 0 amide bonds. The zero-order chi connectivity index (χ0) is 15.3. The molecule has 0 radical (unpaired) electrons. The van der Waals surface area contributed by atoms with Gasteiger partial charge in [-0.2, -0.15) is 0 Å². The van der Waals surface area contributed by atoms with E-state index < -0.39 is 5.97 Å². The molecule has 1 atom stereocenters. The summed E-state index contributed by atoms with van der Waals surface area (Å²) >= 11 is 0. The van der Waals surface area contributed by atoms with Crippen LogP contribution in [0.2, 0.25) is 0 Å². The van der Waals surface area contributed by atoms with Gasteiger partial charge in [0.1, 0.15) is 0 Å². The maximum Gasteiger partial charge on any atom is 0.282 e. The second kappa shape index (κ2) is 12.0. The molecular formula is C15H29NO4. The van der Waals surface area contributed by atoms with Gasteiger partial charge in [0.2, 0.25) is 6.08 Å². The number of nitrogens with zero attached hydrogens (tertiary/aromatic N) is 1. The monoisotopic (exact) mass is 287 g/mol. The molecule has 0 saturated heterocycles. The van der Waals surface area contributed by atoms with Gasteiger partial charge in [-0.15, -0.1) is 0 Å². The molecule has 118 valence electrons. The van der Waals surface area contributed by atoms with Gasteiger partial charge < -0.3 is 14.2 Å². The summed E-state index contributed by atoms with van der Waals surface area (Å²) < 4.78 is 15.7. The van der Waals surface area contributed by atoms with Crippen LogP contribution in [-0.2, 0) is 19.0 Å². The lowest BCUT2D eigenvalue weighted by Gasteiger charge is -2.28. The standard InChI is InChI=1S/C15H29NO4/c1-14(16-13-17)11-9-7-5-6-8-10-12-15(18-2,19-3)20-4/h14H,5-12H2,1-4H3. The van der Waals surface area contributed by atoms with Crippen molar-refractivity contribution in [1.82, 2.24) is 0 Å². The number of methoxy groups -OCH3 is 3. The molecule has 0 N–H and O–H groups in total. The SMILES string of the molecule is COC(CCCCCCCCC(C)N=C=O)(OC)OC. The van der Waals surface area contributed by atoms with Gasteiger partial charge in [-0.1, -0.05) is 32.1 Å². The Hall–Kier alpha value is -0.740. The molecule has 0 aliphatic heterocycles. The lowest BCUT2D eigenvalue weighted by molar-refractivity contribution is -0.355. The molecule has 0 bridgehead atoms. The second-order valence-electron chi connectivity index (χ2n) is 5.02. The summed E-state index contributed by atoms with van der Waals surface area (Å²) in [6.07, 6.45) is 10.2. The van der Waals surface area contributed by atoms with Crippen molar-refractivity contribution in [3.05, 3.63) is 0 Å². The van der Waals surface area contributed by atoms with E-state index >= 15 is 0 Å². The predicted octanol–water partition coefficient (Wildman–Crippen LogP) is 3.42. The minimum Gasteiger partial charge on any atom is -0.331 e. The Morgan fingerprint density at radius 2 is 1.45 bits per heavy atom. The highest BCUT2D eigenvalue weighted by molar-refractivity contribution is 5.33. The van der Waals surface area contributed by atoms with E-state index in [1.807, 2.05) is 6.92 Å². The molecule has 0 rings (SSSR count). The number of ether oxygens (including phenoxy) is 3. The topological polar surface area (TPSA) is 57.1 Å². The van der Waals surface area contributed by atoms with Gasteiger partial charge >= 0.3 is 0 Å². The van der Waals surface area contributed by atoms with Gasteiger partial charge in [-0.05, 0) is 19.8 Å². The number of hydrogen-bond acceptors (Lipinski definition) is 5. The van der Waals surface area contributed by atoms with E-state index in [1.54, 1.807) is 27.4 Å². The van der Waals surface area contributed by atoms with Gasteiger partial charge in [0.25, 0.3) is 5.97 Å². The van der Waals surface area contributed by atoms with Crippen LogP contribution in [0.3, 0.4) is 0 Å². The number of isocyanates is 1. The number of unbranched alkanes of at least 4 members (excludes halogenated alkanes) is 5. The third-order valence-corrected chi connectivity index (χ3v) is 3.56. The Bertz CT molecular complexity index is 265. The van der Waals surface area contributed by atoms with Crippen molar-refractivity contribution in [2.24, 2.45) is 4.99 Å². The third-order valence-electron chi connectivity index (χ3n) is 3.56. The van der Waals surface area contributed by atoms with E-state index in [1.165, 1.54) is 19.3 Å². The summed E-state index contributed by atoms with van der Waals surface area (Å²) in [5.41, 5.74) is 0. The van der Waals surface area contributed by atoms with Crippen LogP contribution in [0.4, 0.5) is 0 Å². The van der Waals surface area contributed by atoms with Crippen LogP contribution in [-0.4, -0.2) is 39.4 Å². The number of hydrogen-bond donors (Lipinski definition) is 0. The van der Waals surface area contributed by atoms with E-state index in [4.69, 9.17) is 14.2 Å². The molecule has 5 heteroatoms. The number of aliphatic imine (C=N–C) groups is 1. The van der Waals surface area contributed by atoms with Crippen molar-refractivity contribution < 1.29 is 19.0 Å². The Morgan fingerprint density at radius 3 is 1.95 bits per heavy atom. The highest BCUT2D eigenvalue weighted by Crippen LogP contribution is 2.21. The average Bonchev–Trinajstić information content (AvgIpc) is 2.47. The van der Waals surface area contributed by atoms with E-state index in [0.717, 1.165) is 32.1 Å². The third kappa shape index (κ3) is 8.43. The fourth-order valence-electron chi connectivity index (χ4n) is 2.20. The molecule has 0 fully saturated rings. The van der Waals surface area contributed by atoms with Crippen molar-refractivity contribution in [2.75, 3.05) is 21.3 Å². The Kier molecular flexibility index (Phi) is 11.6. The zero-order valence-corrected chi connectivity index (χ0v) is 13.3. The van der Waals surface area contributed by atoms with E-state index in [2.05, 4.69) is 4.99 Å². The minimum absolute atomic E-state index is 0.109. The van der Waals surface area contributed by atoms with Crippen molar-refractivity contribution >= 4 is 6.08 Å². The zero-order valence-electron chi connectivity index (χ0n) is 13.3. The summed E-state index contributed by atoms with van der Waals surface area (Å²) in [5, 5.41) is 0. The highest BCUT2D eigenvalue weighted by atomic mass is 16.9. The molecule has 0 aromatic carbocycles. The van der Waals surface area contributed by atoms with Crippen molar-refractivity contribution in [1.29, 1.82) is 0 Å². The summed E-state index contributed by atoms with van der Waals surface area (Å²) in [7, 11) is 4.78. The number of carbonyl (C=O) groups excluding carboxylic acids is 1. The first-order valence-electron chi connectivity index (χ1n) is 7.36. The molecule has 0 aromatic heterocycles. The maximum atomic E-state index is 10.1. The Balaban J connectivity index is 3.51. The fraction of sp³-hybridized carbons (Fsp3) is 0.933. The van der Waals surface area contributed by atoms with Crippen LogP contribution in [0.5, 0.6) is 0 Å². The van der Waals surface area contributed by atoms with Gasteiger partial charge in [-0.3, -0.25) is 0 Å². The van der Waals surface area contributed by atoms with Crippen LogP contribution in [0.25, 0.3) is 0 Å². The normalized spacial score (nSPS) is 13.0. The average molecular weight is 287 g/mol. The van der Waals surface area contributed by atoms with Gasteiger partial charge in [0.05, 0.1) is 6.04 Å². The fourth-order valence-corrected chi connectivity index (χ4v) is 2.20.